The lowest BCUT2D eigenvalue weighted by Crippen LogP contribution is -2.55. The van der Waals surface area contributed by atoms with Crippen LogP contribution in [0.4, 0.5) is 0 Å². The van der Waals surface area contributed by atoms with Crippen molar-refractivity contribution < 1.29 is 9.47 Å². The molecule has 5 nitrogen and oxygen atoms in total. The standard InChI is InChI=1S/C18H37N3O2/c1-17(2,20-10-6-5-7-11-20)14-22-16-23-15-18(3,4)21-12-8-19-9-13-21/h19H,5-16H2,1-4H3. The van der Waals surface area contributed by atoms with E-state index in [0.29, 0.717) is 6.79 Å². The molecule has 0 bridgehead atoms. The molecule has 2 aliphatic heterocycles. The molecule has 0 unspecified atom stereocenters. The first-order valence-electron chi connectivity index (χ1n) is 9.28. The van der Waals surface area contributed by atoms with Crippen LogP contribution in [0.25, 0.3) is 0 Å². The quantitative estimate of drug-likeness (QED) is 0.544. The van der Waals surface area contributed by atoms with Gasteiger partial charge in [-0.25, -0.2) is 0 Å². The fourth-order valence-electron chi connectivity index (χ4n) is 3.59. The topological polar surface area (TPSA) is 37.0 Å². The van der Waals surface area contributed by atoms with E-state index < -0.39 is 0 Å². The second-order valence-electron chi connectivity index (χ2n) is 8.22. The molecule has 0 aliphatic carbocycles. The summed E-state index contributed by atoms with van der Waals surface area (Å²) in [4.78, 5) is 5.06. The van der Waals surface area contributed by atoms with Gasteiger partial charge in [-0.1, -0.05) is 6.42 Å². The summed E-state index contributed by atoms with van der Waals surface area (Å²) < 4.78 is 11.7. The number of hydrogen-bond acceptors (Lipinski definition) is 5. The van der Waals surface area contributed by atoms with Crippen molar-refractivity contribution in [1.82, 2.24) is 15.1 Å². The lowest BCUT2D eigenvalue weighted by atomic mass is 10.00. The lowest BCUT2D eigenvalue weighted by Gasteiger charge is -2.41. The van der Waals surface area contributed by atoms with Gasteiger partial charge in [0.1, 0.15) is 6.79 Å². The average molecular weight is 328 g/mol. The Morgan fingerprint density at radius 3 is 1.74 bits per heavy atom. The first-order valence-corrected chi connectivity index (χ1v) is 9.28. The van der Waals surface area contributed by atoms with E-state index in [9.17, 15) is 0 Å². The minimum atomic E-state index is 0.0772. The van der Waals surface area contributed by atoms with Crippen molar-refractivity contribution in [3.05, 3.63) is 0 Å². The van der Waals surface area contributed by atoms with Crippen LogP contribution in [0.2, 0.25) is 0 Å². The molecular formula is C18H37N3O2. The fraction of sp³-hybridized carbons (Fsp3) is 1.00. The Bertz CT molecular complexity index is 303. The van der Waals surface area contributed by atoms with E-state index in [1.54, 1.807) is 0 Å². The van der Waals surface area contributed by atoms with Gasteiger partial charge in [0, 0.05) is 37.3 Å². The van der Waals surface area contributed by atoms with Gasteiger partial charge in [0.15, 0.2) is 0 Å². The zero-order valence-corrected chi connectivity index (χ0v) is 15.7. The maximum absolute atomic E-state index is 5.84. The Labute approximate surface area is 142 Å². The van der Waals surface area contributed by atoms with Crippen molar-refractivity contribution in [3.8, 4) is 0 Å². The second-order valence-corrected chi connectivity index (χ2v) is 8.22. The van der Waals surface area contributed by atoms with Crippen LogP contribution < -0.4 is 5.32 Å². The summed E-state index contributed by atoms with van der Waals surface area (Å²) >= 11 is 0. The van der Waals surface area contributed by atoms with E-state index in [1.807, 2.05) is 0 Å². The van der Waals surface area contributed by atoms with Crippen LogP contribution in [0, 0.1) is 0 Å². The molecule has 2 saturated heterocycles. The third-order valence-corrected chi connectivity index (χ3v) is 5.26. The van der Waals surface area contributed by atoms with Crippen LogP contribution in [0.5, 0.6) is 0 Å². The molecule has 0 radical (unpaired) electrons. The zero-order chi connectivity index (χ0) is 16.8. The predicted octanol–water partition coefficient (Wildman–Crippen LogP) is 1.93. The molecule has 23 heavy (non-hydrogen) atoms. The largest absolute Gasteiger partial charge is 0.354 e. The highest BCUT2D eigenvalue weighted by Crippen LogP contribution is 2.21. The molecule has 0 aromatic carbocycles. The van der Waals surface area contributed by atoms with Gasteiger partial charge in [0.25, 0.3) is 0 Å². The summed E-state index contributed by atoms with van der Waals surface area (Å²) in [5.41, 5.74) is 0.186. The molecule has 2 heterocycles. The maximum Gasteiger partial charge on any atom is 0.146 e. The number of ether oxygens (including phenoxy) is 2. The maximum atomic E-state index is 5.84. The van der Waals surface area contributed by atoms with Crippen molar-refractivity contribution in [1.29, 1.82) is 0 Å². The van der Waals surface area contributed by atoms with Crippen LogP contribution >= 0.6 is 0 Å². The molecule has 2 fully saturated rings. The van der Waals surface area contributed by atoms with Crippen molar-refractivity contribution >= 4 is 0 Å². The van der Waals surface area contributed by atoms with Gasteiger partial charge < -0.3 is 14.8 Å². The summed E-state index contributed by atoms with van der Waals surface area (Å²) in [5.74, 6) is 0. The highest BCUT2D eigenvalue weighted by molar-refractivity contribution is 4.85. The third-order valence-electron chi connectivity index (χ3n) is 5.26. The van der Waals surface area contributed by atoms with Crippen LogP contribution in [-0.4, -0.2) is 80.2 Å². The van der Waals surface area contributed by atoms with Crippen LogP contribution in [0.15, 0.2) is 0 Å². The van der Waals surface area contributed by atoms with E-state index in [2.05, 4.69) is 42.8 Å². The first-order chi connectivity index (χ1) is 10.9. The number of nitrogens with zero attached hydrogens (tertiary/aromatic N) is 2. The highest BCUT2D eigenvalue weighted by Gasteiger charge is 2.29. The molecule has 0 saturated carbocycles. The summed E-state index contributed by atoms with van der Waals surface area (Å²) in [6, 6.07) is 0. The number of piperazine rings is 1. The molecule has 1 N–H and O–H groups in total. The van der Waals surface area contributed by atoms with E-state index in [1.165, 1.54) is 32.4 Å². The van der Waals surface area contributed by atoms with Gasteiger partial charge in [0.05, 0.1) is 13.2 Å². The Balaban J connectivity index is 1.62. The summed E-state index contributed by atoms with van der Waals surface area (Å²) in [5, 5.41) is 3.40. The first kappa shape index (κ1) is 19.1. The number of nitrogens with one attached hydrogen (secondary N) is 1. The van der Waals surface area contributed by atoms with Gasteiger partial charge >= 0.3 is 0 Å². The summed E-state index contributed by atoms with van der Waals surface area (Å²) in [6.45, 7) is 17.7. The Morgan fingerprint density at radius 1 is 0.739 bits per heavy atom. The molecule has 0 spiro atoms. The van der Waals surface area contributed by atoms with Gasteiger partial charge in [-0.15, -0.1) is 0 Å². The van der Waals surface area contributed by atoms with Gasteiger partial charge in [-0.3, -0.25) is 9.80 Å². The number of likely N-dealkylation sites (tertiary alicyclic amines) is 1. The number of hydrogen-bond donors (Lipinski definition) is 1. The third kappa shape index (κ3) is 5.98. The molecule has 2 rings (SSSR count). The smallest absolute Gasteiger partial charge is 0.146 e. The monoisotopic (exact) mass is 327 g/mol. The second kappa shape index (κ2) is 8.77. The Morgan fingerprint density at radius 2 is 1.22 bits per heavy atom. The van der Waals surface area contributed by atoms with E-state index in [4.69, 9.17) is 9.47 Å². The minimum Gasteiger partial charge on any atom is -0.354 e. The Kier molecular flexibility index (Phi) is 7.29. The number of rotatable bonds is 8. The lowest BCUT2D eigenvalue weighted by molar-refractivity contribution is -0.111. The zero-order valence-electron chi connectivity index (χ0n) is 15.7. The van der Waals surface area contributed by atoms with Crippen molar-refractivity contribution in [2.75, 3.05) is 59.3 Å². The Hall–Kier alpha value is -0.200. The van der Waals surface area contributed by atoms with Gasteiger partial charge in [0.2, 0.25) is 0 Å². The van der Waals surface area contributed by atoms with Crippen LogP contribution in [0.1, 0.15) is 47.0 Å². The predicted molar refractivity (Wildman–Crippen MR) is 94.8 cm³/mol. The average Bonchev–Trinajstić information content (AvgIpc) is 2.56. The molecule has 0 atom stereocenters. The molecule has 0 aromatic rings. The summed E-state index contributed by atoms with van der Waals surface area (Å²) in [7, 11) is 0. The van der Waals surface area contributed by atoms with Crippen molar-refractivity contribution in [2.45, 2.75) is 58.0 Å². The number of piperidine rings is 1. The molecule has 0 aromatic heterocycles. The van der Waals surface area contributed by atoms with Gasteiger partial charge in [-0.05, 0) is 53.6 Å². The fourth-order valence-corrected chi connectivity index (χ4v) is 3.59. The van der Waals surface area contributed by atoms with E-state index in [0.717, 1.165) is 39.4 Å². The molecular weight excluding hydrogens is 290 g/mol. The van der Waals surface area contributed by atoms with E-state index in [-0.39, 0.29) is 11.1 Å². The summed E-state index contributed by atoms with van der Waals surface area (Å²) in [6.07, 6.45) is 4.01. The van der Waals surface area contributed by atoms with Crippen LogP contribution in [0.3, 0.4) is 0 Å². The van der Waals surface area contributed by atoms with Crippen LogP contribution in [-0.2, 0) is 9.47 Å². The molecule has 0 amide bonds. The van der Waals surface area contributed by atoms with Crippen molar-refractivity contribution in [3.63, 3.8) is 0 Å². The van der Waals surface area contributed by atoms with E-state index >= 15 is 0 Å². The van der Waals surface area contributed by atoms with Gasteiger partial charge in [-0.2, -0.15) is 0 Å². The SMILES string of the molecule is CC(C)(COCOCC(C)(C)N1CCNCC1)N1CCCCC1. The van der Waals surface area contributed by atoms with Crippen molar-refractivity contribution in [2.24, 2.45) is 0 Å². The molecule has 136 valence electrons. The minimum absolute atomic E-state index is 0.0772. The molecule has 5 heteroatoms. The highest BCUT2D eigenvalue weighted by atomic mass is 16.7. The molecule has 2 aliphatic rings. The normalized spacial score (nSPS) is 22.4.